The van der Waals surface area contributed by atoms with Gasteiger partial charge in [-0.3, -0.25) is 0 Å². The van der Waals surface area contributed by atoms with E-state index < -0.39 is 12.1 Å². The van der Waals surface area contributed by atoms with Crippen molar-refractivity contribution in [3.63, 3.8) is 0 Å². The first-order chi connectivity index (χ1) is 7.68. The summed E-state index contributed by atoms with van der Waals surface area (Å²) < 4.78 is 5.09. The van der Waals surface area contributed by atoms with Crippen LogP contribution in [-0.2, 0) is 0 Å². The van der Waals surface area contributed by atoms with Crippen molar-refractivity contribution in [1.82, 2.24) is 5.32 Å². The van der Waals surface area contributed by atoms with E-state index in [4.69, 9.17) is 9.52 Å². The molecule has 1 saturated heterocycles. The maximum absolute atomic E-state index is 10.6. The standard InChI is InChI=1S/C11H15NO4/c13-10(7-3-5-12-6-4-7)8-1-2-9(16-8)11(14)15/h1-2,7,10,12-13H,3-6H2,(H,14,15). The van der Waals surface area contributed by atoms with Crippen molar-refractivity contribution in [3.05, 3.63) is 23.7 Å². The molecule has 0 amide bonds. The third-order valence-corrected chi connectivity index (χ3v) is 2.96. The Labute approximate surface area is 93.1 Å². The van der Waals surface area contributed by atoms with E-state index in [0.29, 0.717) is 5.76 Å². The van der Waals surface area contributed by atoms with Gasteiger partial charge in [-0.15, -0.1) is 0 Å². The Morgan fingerprint density at radius 2 is 2.12 bits per heavy atom. The van der Waals surface area contributed by atoms with Gasteiger partial charge < -0.3 is 19.9 Å². The number of piperidine rings is 1. The average Bonchev–Trinajstić information content (AvgIpc) is 2.78. The predicted molar refractivity (Wildman–Crippen MR) is 56.2 cm³/mol. The van der Waals surface area contributed by atoms with Crippen molar-refractivity contribution in [2.75, 3.05) is 13.1 Å². The number of carboxylic acid groups (broad SMARTS) is 1. The second-order valence-electron chi connectivity index (χ2n) is 4.04. The number of hydrogen-bond donors (Lipinski definition) is 3. The third kappa shape index (κ3) is 2.25. The number of aliphatic hydroxyl groups excluding tert-OH is 1. The van der Waals surface area contributed by atoms with Gasteiger partial charge in [0.15, 0.2) is 0 Å². The summed E-state index contributed by atoms with van der Waals surface area (Å²) in [7, 11) is 0. The topological polar surface area (TPSA) is 82.7 Å². The molecule has 0 bridgehead atoms. The van der Waals surface area contributed by atoms with Crippen molar-refractivity contribution in [2.24, 2.45) is 5.92 Å². The minimum Gasteiger partial charge on any atom is -0.475 e. The molecule has 2 rings (SSSR count). The minimum absolute atomic E-state index is 0.122. The van der Waals surface area contributed by atoms with E-state index in [1.165, 1.54) is 12.1 Å². The zero-order valence-corrected chi connectivity index (χ0v) is 8.85. The van der Waals surface area contributed by atoms with Crippen LogP contribution in [0.25, 0.3) is 0 Å². The fraction of sp³-hybridized carbons (Fsp3) is 0.545. The monoisotopic (exact) mass is 225 g/mol. The van der Waals surface area contributed by atoms with Crippen molar-refractivity contribution in [3.8, 4) is 0 Å². The first-order valence-electron chi connectivity index (χ1n) is 5.40. The SMILES string of the molecule is O=C(O)c1ccc(C(O)C2CCNCC2)o1. The summed E-state index contributed by atoms with van der Waals surface area (Å²) in [4.78, 5) is 10.6. The third-order valence-electron chi connectivity index (χ3n) is 2.96. The van der Waals surface area contributed by atoms with Crippen molar-refractivity contribution >= 4 is 5.97 Å². The molecule has 1 aromatic rings. The molecule has 0 aromatic carbocycles. The van der Waals surface area contributed by atoms with Crippen molar-refractivity contribution in [2.45, 2.75) is 18.9 Å². The molecule has 1 fully saturated rings. The second-order valence-corrected chi connectivity index (χ2v) is 4.04. The summed E-state index contributed by atoms with van der Waals surface area (Å²) in [5, 5.41) is 21.9. The lowest BCUT2D eigenvalue weighted by atomic mass is 9.91. The Kier molecular flexibility index (Phi) is 3.26. The fourth-order valence-corrected chi connectivity index (χ4v) is 2.02. The number of nitrogens with one attached hydrogen (secondary N) is 1. The molecule has 1 aliphatic rings. The number of hydrogen-bond acceptors (Lipinski definition) is 4. The van der Waals surface area contributed by atoms with Crippen LogP contribution in [0.1, 0.15) is 35.3 Å². The van der Waals surface area contributed by atoms with E-state index in [0.717, 1.165) is 25.9 Å². The second kappa shape index (κ2) is 4.67. The number of carboxylic acids is 1. The quantitative estimate of drug-likeness (QED) is 0.715. The van der Waals surface area contributed by atoms with E-state index in [-0.39, 0.29) is 11.7 Å². The molecule has 1 unspecified atom stereocenters. The van der Waals surface area contributed by atoms with Gasteiger partial charge in [0, 0.05) is 0 Å². The van der Waals surface area contributed by atoms with Crippen LogP contribution in [0.2, 0.25) is 0 Å². The zero-order valence-electron chi connectivity index (χ0n) is 8.85. The molecule has 1 atom stereocenters. The van der Waals surface area contributed by atoms with Gasteiger partial charge in [0.05, 0.1) is 0 Å². The summed E-state index contributed by atoms with van der Waals surface area (Å²) in [5.74, 6) is -0.731. The molecule has 2 heterocycles. The molecule has 0 saturated carbocycles. The number of carbonyl (C=O) groups is 1. The summed E-state index contributed by atoms with van der Waals surface area (Å²) in [5.41, 5.74) is 0. The van der Waals surface area contributed by atoms with Gasteiger partial charge in [0.2, 0.25) is 5.76 Å². The minimum atomic E-state index is -1.11. The van der Waals surface area contributed by atoms with Gasteiger partial charge in [-0.1, -0.05) is 0 Å². The van der Waals surface area contributed by atoms with E-state index in [2.05, 4.69) is 5.32 Å². The largest absolute Gasteiger partial charge is 0.475 e. The van der Waals surface area contributed by atoms with Gasteiger partial charge in [0.25, 0.3) is 0 Å². The Morgan fingerprint density at radius 3 is 2.69 bits per heavy atom. The summed E-state index contributed by atoms with van der Waals surface area (Å²) in [6.45, 7) is 1.77. The van der Waals surface area contributed by atoms with Crippen LogP contribution in [-0.4, -0.2) is 29.3 Å². The van der Waals surface area contributed by atoms with Crippen LogP contribution in [0, 0.1) is 5.92 Å². The zero-order chi connectivity index (χ0) is 11.5. The molecule has 5 nitrogen and oxygen atoms in total. The average molecular weight is 225 g/mol. The highest BCUT2D eigenvalue weighted by atomic mass is 16.4. The summed E-state index contributed by atoms with van der Waals surface area (Å²) in [6, 6.07) is 2.91. The summed E-state index contributed by atoms with van der Waals surface area (Å²) in [6.07, 6.45) is 1.06. The van der Waals surface area contributed by atoms with E-state index >= 15 is 0 Å². The Balaban J connectivity index is 2.07. The molecule has 3 N–H and O–H groups in total. The summed E-state index contributed by atoms with van der Waals surface area (Å²) >= 11 is 0. The van der Waals surface area contributed by atoms with Crippen LogP contribution < -0.4 is 5.32 Å². The van der Waals surface area contributed by atoms with Gasteiger partial charge in [-0.25, -0.2) is 4.79 Å². The molecule has 1 aliphatic heterocycles. The number of furan rings is 1. The maximum atomic E-state index is 10.6. The molecule has 16 heavy (non-hydrogen) atoms. The van der Waals surface area contributed by atoms with E-state index in [1.807, 2.05) is 0 Å². The maximum Gasteiger partial charge on any atom is 0.371 e. The number of rotatable bonds is 3. The van der Waals surface area contributed by atoms with Gasteiger partial charge >= 0.3 is 5.97 Å². The van der Waals surface area contributed by atoms with Crippen LogP contribution in [0.4, 0.5) is 0 Å². The normalized spacial score (nSPS) is 19.6. The Bertz CT molecular complexity index is 368. The van der Waals surface area contributed by atoms with Gasteiger partial charge in [-0.2, -0.15) is 0 Å². The molecular formula is C11H15NO4. The Morgan fingerprint density at radius 1 is 1.44 bits per heavy atom. The first kappa shape index (κ1) is 11.2. The van der Waals surface area contributed by atoms with E-state index in [1.54, 1.807) is 0 Å². The Hall–Kier alpha value is -1.33. The van der Waals surface area contributed by atoms with Crippen LogP contribution in [0.15, 0.2) is 16.5 Å². The molecule has 0 spiro atoms. The van der Waals surface area contributed by atoms with Crippen molar-refractivity contribution < 1.29 is 19.4 Å². The lowest BCUT2D eigenvalue weighted by Crippen LogP contribution is -2.30. The van der Waals surface area contributed by atoms with Gasteiger partial charge in [-0.05, 0) is 44.0 Å². The lowest BCUT2D eigenvalue weighted by Gasteiger charge is -2.25. The van der Waals surface area contributed by atoms with Crippen molar-refractivity contribution in [1.29, 1.82) is 0 Å². The molecule has 0 radical (unpaired) electrons. The number of aliphatic hydroxyl groups is 1. The highest BCUT2D eigenvalue weighted by molar-refractivity contribution is 5.84. The molecule has 1 aromatic heterocycles. The van der Waals surface area contributed by atoms with Crippen LogP contribution in [0.3, 0.4) is 0 Å². The lowest BCUT2D eigenvalue weighted by molar-refractivity contribution is 0.0582. The molecular weight excluding hydrogens is 210 g/mol. The van der Waals surface area contributed by atoms with Crippen LogP contribution >= 0.6 is 0 Å². The fourth-order valence-electron chi connectivity index (χ4n) is 2.02. The molecule has 0 aliphatic carbocycles. The number of aromatic carboxylic acids is 1. The smallest absolute Gasteiger partial charge is 0.371 e. The highest BCUT2D eigenvalue weighted by Gasteiger charge is 2.26. The predicted octanol–water partition coefficient (Wildman–Crippen LogP) is 1.01. The van der Waals surface area contributed by atoms with E-state index in [9.17, 15) is 9.90 Å². The van der Waals surface area contributed by atoms with Gasteiger partial charge in [0.1, 0.15) is 11.9 Å². The molecule has 5 heteroatoms. The highest BCUT2D eigenvalue weighted by Crippen LogP contribution is 2.29. The molecule has 88 valence electrons. The first-order valence-corrected chi connectivity index (χ1v) is 5.40. The van der Waals surface area contributed by atoms with Crippen LogP contribution in [0.5, 0.6) is 0 Å².